The first-order chi connectivity index (χ1) is 12.2. The molecule has 4 nitrogen and oxygen atoms in total. The molecular weight excluding hydrogens is 370 g/mol. The van der Waals surface area contributed by atoms with Gasteiger partial charge in [-0.05, 0) is 17.9 Å². The van der Waals surface area contributed by atoms with Crippen molar-refractivity contribution >= 4 is 35.2 Å². The molecule has 26 heavy (non-hydrogen) atoms. The fourth-order valence-corrected chi connectivity index (χ4v) is 4.64. The monoisotopic (exact) mass is 397 g/mol. The summed E-state index contributed by atoms with van der Waals surface area (Å²) in [5.74, 6) is 0.170. The van der Waals surface area contributed by atoms with Gasteiger partial charge in [0.05, 0.1) is 6.61 Å². The summed E-state index contributed by atoms with van der Waals surface area (Å²) < 4.78 is 5.41. The maximum atomic E-state index is 13.1. The maximum Gasteiger partial charge on any atom is 0.329 e. The lowest BCUT2D eigenvalue weighted by Crippen LogP contribution is -2.45. The van der Waals surface area contributed by atoms with Crippen molar-refractivity contribution in [2.45, 2.75) is 58.4 Å². The number of hydrogen-bond donors (Lipinski definition) is 0. The number of carbonyl (C=O) groups is 2. The predicted molar refractivity (Wildman–Crippen MR) is 107 cm³/mol. The Labute approximate surface area is 165 Å². The second kappa shape index (κ2) is 9.14. The largest absolute Gasteiger partial charge is 0.464 e. The summed E-state index contributed by atoms with van der Waals surface area (Å²) in [5, 5.41) is 0.348. The standard InChI is InChI=1S/C20H28ClNO3S/c1-5-6-11-25-19(24)16-13-26-18(14-9-7-8-10-15(14)21)22(16)17(23)12-20(2,3)4/h7-10,16,18H,5-6,11-13H2,1-4H3/t16-,18-/m1/s1. The van der Waals surface area contributed by atoms with Crippen LogP contribution in [0.5, 0.6) is 0 Å². The van der Waals surface area contributed by atoms with Gasteiger partial charge in [-0.2, -0.15) is 0 Å². The number of unbranched alkanes of at least 4 members (excludes halogenated alkanes) is 1. The molecule has 144 valence electrons. The van der Waals surface area contributed by atoms with Crippen LogP contribution in [0.2, 0.25) is 5.02 Å². The van der Waals surface area contributed by atoms with Crippen LogP contribution in [0.15, 0.2) is 24.3 Å². The van der Waals surface area contributed by atoms with E-state index >= 15 is 0 Å². The van der Waals surface area contributed by atoms with E-state index in [1.807, 2.05) is 52.0 Å². The summed E-state index contributed by atoms with van der Waals surface area (Å²) in [6.07, 6.45) is 2.16. The van der Waals surface area contributed by atoms with Crippen LogP contribution in [0, 0.1) is 5.41 Å². The van der Waals surface area contributed by atoms with Crippen molar-refractivity contribution in [1.29, 1.82) is 0 Å². The molecule has 2 rings (SSSR count). The van der Waals surface area contributed by atoms with Crippen molar-refractivity contribution < 1.29 is 14.3 Å². The van der Waals surface area contributed by atoms with E-state index in [9.17, 15) is 9.59 Å². The summed E-state index contributed by atoms with van der Waals surface area (Å²) in [5.41, 5.74) is 0.705. The molecule has 0 bridgehead atoms. The molecule has 0 unspecified atom stereocenters. The van der Waals surface area contributed by atoms with Gasteiger partial charge in [0.2, 0.25) is 5.91 Å². The van der Waals surface area contributed by atoms with Crippen LogP contribution in [-0.4, -0.2) is 35.2 Å². The fourth-order valence-electron chi connectivity index (χ4n) is 2.87. The molecular formula is C20H28ClNO3S. The van der Waals surface area contributed by atoms with E-state index in [1.54, 1.807) is 16.7 Å². The Hall–Kier alpha value is -1.20. The highest BCUT2D eigenvalue weighted by molar-refractivity contribution is 7.99. The van der Waals surface area contributed by atoms with Gasteiger partial charge in [0.25, 0.3) is 0 Å². The Morgan fingerprint density at radius 2 is 2.00 bits per heavy atom. The quantitative estimate of drug-likeness (QED) is 0.497. The second-order valence-corrected chi connectivity index (χ2v) is 9.30. The number of ether oxygens (including phenoxy) is 1. The highest BCUT2D eigenvalue weighted by Gasteiger charge is 2.44. The molecule has 0 saturated carbocycles. The smallest absolute Gasteiger partial charge is 0.329 e. The first-order valence-corrected chi connectivity index (χ1v) is 10.5. The SMILES string of the molecule is CCCCOC(=O)[C@H]1CS[C@H](c2ccccc2Cl)N1C(=O)CC(C)(C)C. The normalized spacial score (nSPS) is 20.3. The molecule has 0 spiro atoms. The molecule has 0 aliphatic carbocycles. The van der Waals surface area contributed by atoms with E-state index < -0.39 is 6.04 Å². The summed E-state index contributed by atoms with van der Waals surface area (Å²) >= 11 is 7.94. The number of nitrogens with zero attached hydrogens (tertiary/aromatic N) is 1. The average Bonchev–Trinajstić information content (AvgIpc) is 2.99. The molecule has 1 saturated heterocycles. The van der Waals surface area contributed by atoms with Crippen molar-refractivity contribution in [1.82, 2.24) is 4.90 Å². The minimum Gasteiger partial charge on any atom is -0.464 e. The number of halogens is 1. The lowest BCUT2D eigenvalue weighted by atomic mass is 9.91. The summed E-state index contributed by atoms with van der Waals surface area (Å²) in [6, 6.07) is 6.94. The van der Waals surface area contributed by atoms with Crippen LogP contribution in [0.3, 0.4) is 0 Å². The molecule has 1 amide bonds. The Morgan fingerprint density at radius 1 is 1.31 bits per heavy atom. The number of hydrogen-bond acceptors (Lipinski definition) is 4. The molecule has 0 N–H and O–H groups in total. The van der Waals surface area contributed by atoms with Crippen molar-refractivity contribution in [2.24, 2.45) is 5.41 Å². The van der Waals surface area contributed by atoms with Gasteiger partial charge in [-0.25, -0.2) is 4.79 Å². The van der Waals surface area contributed by atoms with E-state index in [1.165, 1.54) is 0 Å². The molecule has 1 aromatic carbocycles. The zero-order valence-electron chi connectivity index (χ0n) is 16.0. The van der Waals surface area contributed by atoms with E-state index in [2.05, 4.69) is 0 Å². The third-order valence-electron chi connectivity index (χ3n) is 4.16. The van der Waals surface area contributed by atoms with Gasteiger partial charge in [-0.3, -0.25) is 4.79 Å². The van der Waals surface area contributed by atoms with Crippen molar-refractivity contribution in [3.8, 4) is 0 Å². The molecule has 1 aliphatic heterocycles. The number of carbonyl (C=O) groups excluding carboxylic acids is 2. The number of amides is 1. The van der Waals surface area contributed by atoms with Gasteiger partial charge in [0.1, 0.15) is 11.4 Å². The third-order valence-corrected chi connectivity index (χ3v) is 5.80. The topological polar surface area (TPSA) is 46.6 Å². The van der Waals surface area contributed by atoms with Crippen LogP contribution in [0.4, 0.5) is 0 Å². The van der Waals surface area contributed by atoms with E-state index in [0.29, 0.717) is 23.8 Å². The van der Waals surface area contributed by atoms with Crippen LogP contribution in [0.25, 0.3) is 0 Å². The summed E-state index contributed by atoms with van der Waals surface area (Å²) in [4.78, 5) is 27.3. The molecule has 1 heterocycles. The second-order valence-electron chi connectivity index (χ2n) is 7.78. The Kier molecular flexibility index (Phi) is 7.42. The number of thioether (sulfide) groups is 1. The number of rotatable bonds is 6. The Bertz CT molecular complexity index is 644. The molecule has 1 fully saturated rings. The maximum absolute atomic E-state index is 13.1. The van der Waals surface area contributed by atoms with Crippen LogP contribution in [-0.2, 0) is 14.3 Å². The van der Waals surface area contributed by atoms with Crippen molar-refractivity contribution in [2.75, 3.05) is 12.4 Å². The molecule has 2 atom stereocenters. The highest BCUT2D eigenvalue weighted by atomic mass is 35.5. The predicted octanol–water partition coefficient (Wildman–Crippen LogP) is 5.06. The molecule has 0 aromatic heterocycles. The van der Waals surface area contributed by atoms with Crippen molar-refractivity contribution in [3.63, 3.8) is 0 Å². The zero-order valence-corrected chi connectivity index (χ0v) is 17.5. The average molecular weight is 398 g/mol. The number of esters is 1. The minimum absolute atomic E-state index is 0.0372. The van der Waals surface area contributed by atoms with Crippen molar-refractivity contribution in [3.05, 3.63) is 34.9 Å². The van der Waals surface area contributed by atoms with E-state index in [0.717, 1.165) is 18.4 Å². The van der Waals surface area contributed by atoms with E-state index in [4.69, 9.17) is 16.3 Å². The first kappa shape index (κ1) is 21.1. The minimum atomic E-state index is -0.562. The highest BCUT2D eigenvalue weighted by Crippen LogP contribution is 2.45. The van der Waals surface area contributed by atoms with Gasteiger partial charge in [0, 0.05) is 22.8 Å². The van der Waals surface area contributed by atoms with E-state index in [-0.39, 0.29) is 22.7 Å². The Balaban J connectivity index is 2.27. The van der Waals surface area contributed by atoms with Crippen LogP contribution >= 0.6 is 23.4 Å². The molecule has 6 heteroatoms. The fraction of sp³-hybridized carbons (Fsp3) is 0.600. The van der Waals surface area contributed by atoms with Gasteiger partial charge in [0.15, 0.2) is 0 Å². The van der Waals surface area contributed by atoms with Gasteiger partial charge >= 0.3 is 5.97 Å². The molecule has 1 aromatic rings. The lowest BCUT2D eigenvalue weighted by molar-refractivity contribution is -0.154. The molecule has 0 radical (unpaired) electrons. The summed E-state index contributed by atoms with van der Waals surface area (Å²) in [6.45, 7) is 8.51. The number of benzene rings is 1. The lowest BCUT2D eigenvalue weighted by Gasteiger charge is -2.31. The van der Waals surface area contributed by atoms with Crippen LogP contribution < -0.4 is 0 Å². The summed E-state index contributed by atoms with van der Waals surface area (Å²) in [7, 11) is 0. The first-order valence-electron chi connectivity index (χ1n) is 9.08. The third kappa shape index (κ3) is 5.40. The Morgan fingerprint density at radius 3 is 2.62 bits per heavy atom. The molecule has 1 aliphatic rings. The van der Waals surface area contributed by atoms with Gasteiger partial charge in [-0.15, -0.1) is 11.8 Å². The van der Waals surface area contributed by atoms with Crippen LogP contribution in [0.1, 0.15) is 57.9 Å². The van der Waals surface area contributed by atoms with Gasteiger partial charge < -0.3 is 9.64 Å². The van der Waals surface area contributed by atoms with Gasteiger partial charge in [-0.1, -0.05) is 63.9 Å². The zero-order chi connectivity index (χ0) is 19.3.